The molecule has 0 aliphatic carbocycles. The minimum Gasteiger partial charge on any atom is -0.492 e. The van der Waals surface area contributed by atoms with Crippen LogP contribution in [0.1, 0.15) is 11.1 Å². The second-order valence-corrected chi connectivity index (χ2v) is 5.28. The molecule has 0 aromatic heterocycles. The van der Waals surface area contributed by atoms with Crippen LogP contribution in [0.5, 0.6) is 5.75 Å². The Kier molecular flexibility index (Phi) is 6.10. The largest absolute Gasteiger partial charge is 0.492 e. The van der Waals surface area contributed by atoms with Gasteiger partial charge in [-0.2, -0.15) is 0 Å². The van der Waals surface area contributed by atoms with Gasteiger partial charge in [0.15, 0.2) is 0 Å². The van der Waals surface area contributed by atoms with Crippen LogP contribution in [-0.2, 0) is 6.54 Å². The monoisotopic (exact) mass is 318 g/mol. The Labute approximate surface area is 135 Å². The third-order valence-corrected chi connectivity index (χ3v) is 3.39. The molecule has 0 saturated heterocycles. The fourth-order valence-electron chi connectivity index (χ4n) is 1.94. The van der Waals surface area contributed by atoms with Crippen LogP contribution < -0.4 is 15.4 Å². The lowest BCUT2D eigenvalue weighted by Crippen LogP contribution is -2.37. The van der Waals surface area contributed by atoms with Crippen LogP contribution in [0.3, 0.4) is 0 Å². The molecule has 0 spiro atoms. The highest BCUT2D eigenvalue weighted by atomic mass is 35.5. The Morgan fingerprint density at radius 1 is 1.14 bits per heavy atom. The number of nitrogens with one attached hydrogen (secondary N) is 2. The van der Waals surface area contributed by atoms with E-state index in [9.17, 15) is 4.79 Å². The van der Waals surface area contributed by atoms with Gasteiger partial charge in [0.2, 0.25) is 0 Å². The Bertz CT molecular complexity index is 632. The van der Waals surface area contributed by atoms with E-state index in [1.54, 1.807) is 12.1 Å². The van der Waals surface area contributed by atoms with Crippen LogP contribution in [0.4, 0.5) is 4.79 Å². The van der Waals surface area contributed by atoms with Gasteiger partial charge >= 0.3 is 6.03 Å². The van der Waals surface area contributed by atoms with E-state index in [0.29, 0.717) is 30.5 Å². The number of aryl methyl sites for hydroxylation is 1. The number of ether oxygens (including phenoxy) is 1. The lowest BCUT2D eigenvalue weighted by molar-refractivity contribution is 0.236. The predicted molar refractivity (Wildman–Crippen MR) is 88.4 cm³/mol. The third-order valence-electron chi connectivity index (χ3n) is 3.15. The molecule has 2 N–H and O–H groups in total. The summed E-state index contributed by atoms with van der Waals surface area (Å²) in [7, 11) is 0. The molecule has 0 aliphatic heterocycles. The molecule has 2 aromatic rings. The Balaban J connectivity index is 1.65. The number of urea groups is 1. The summed E-state index contributed by atoms with van der Waals surface area (Å²) in [6.07, 6.45) is 0. The zero-order valence-corrected chi connectivity index (χ0v) is 13.2. The van der Waals surface area contributed by atoms with E-state index < -0.39 is 0 Å². The first-order valence-corrected chi connectivity index (χ1v) is 7.47. The maximum atomic E-state index is 11.7. The SMILES string of the molecule is Cc1ccccc1CNC(=O)NCCOc1cccc(Cl)c1. The Hall–Kier alpha value is -2.20. The lowest BCUT2D eigenvalue weighted by atomic mass is 10.1. The number of carbonyl (C=O) groups is 1. The lowest BCUT2D eigenvalue weighted by Gasteiger charge is -2.10. The molecule has 0 fully saturated rings. The summed E-state index contributed by atoms with van der Waals surface area (Å²) in [6.45, 7) is 3.34. The molecule has 2 aromatic carbocycles. The summed E-state index contributed by atoms with van der Waals surface area (Å²) in [6, 6.07) is 14.9. The molecule has 5 heteroatoms. The highest BCUT2D eigenvalue weighted by Crippen LogP contribution is 2.16. The Morgan fingerprint density at radius 2 is 1.95 bits per heavy atom. The van der Waals surface area contributed by atoms with E-state index in [4.69, 9.17) is 16.3 Å². The highest BCUT2D eigenvalue weighted by molar-refractivity contribution is 6.30. The minimum absolute atomic E-state index is 0.210. The molecule has 0 aliphatic rings. The molecule has 0 bridgehead atoms. The van der Waals surface area contributed by atoms with Crippen molar-refractivity contribution in [3.05, 3.63) is 64.7 Å². The van der Waals surface area contributed by atoms with Crippen molar-refractivity contribution < 1.29 is 9.53 Å². The zero-order chi connectivity index (χ0) is 15.8. The first kappa shape index (κ1) is 16.2. The van der Waals surface area contributed by atoms with Crippen LogP contribution in [0.15, 0.2) is 48.5 Å². The van der Waals surface area contributed by atoms with Crippen LogP contribution in [0.25, 0.3) is 0 Å². The number of rotatable bonds is 6. The van der Waals surface area contributed by atoms with Crippen molar-refractivity contribution in [1.29, 1.82) is 0 Å². The second-order valence-electron chi connectivity index (χ2n) is 4.84. The van der Waals surface area contributed by atoms with Crippen molar-refractivity contribution in [1.82, 2.24) is 10.6 Å². The molecule has 0 saturated carbocycles. The maximum Gasteiger partial charge on any atom is 0.315 e. The molecule has 22 heavy (non-hydrogen) atoms. The van der Waals surface area contributed by atoms with E-state index in [2.05, 4.69) is 10.6 Å². The summed E-state index contributed by atoms with van der Waals surface area (Å²) >= 11 is 5.86. The quantitative estimate of drug-likeness (QED) is 0.801. The van der Waals surface area contributed by atoms with Crippen molar-refractivity contribution >= 4 is 17.6 Å². The van der Waals surface area contributed by atoms with Crippen molar-refractivity contribution in [3.8, 4) is 5.75 Å². The summed E-state index contributed by atoms with van der Waals surface area (Å²) in [5.74, 6) is 0.689. The van der Waals surface area contributed by atoms with E-state index in [-0.39, 0.29) is 6.03 Å². The fraction of sp³-hybridized carbons (Fsp3) is 0.235. The number of benzene rings is 2. The Morgan fingerprint density at radius 3 is 2.73 bits per heavy atom. The van der Waals surface area contributed by atoms with Crippen molar-refractivity contribution in [2.24, 2.45) is 0 Å². The standard InChI is InChI=1S/C17H19ClN2O2/c1-13-5-2-3-6-14(13)12-20-17(21)19-9-10-22-16-8-4-7-15(18)11-16/h2-8,11H,9-10,12H2,1H3,(H2,19,20,21). The predicted octanol–water partition coefficient (Wildman–Crippen LogP) is 3.53. The summed E-state index contributed by atoms with van der Waals surface area (Å²) < 4.78 is 5.49. The summed E-state index contributed by atoms with van der Waals surface area (Å²) in [5.41, 5.74) is 2.26. The molecule has 116 valence electrons. The van der Waals surface area contributed by atoms with Gasteiger partial charge in [0.25, 0.3) is 0 Å². The number of halogens is 1. The van der Waals surface area contributed by atoms with Gasteiger partial charge in [-0.15, -0.1) is 0 Å². The van der Waals surface area contributed by atoms with Gasteiger partial charge < -0.3 is 15.4 Å². The molecule has 0 radical (unpaired) electrons. The average Bonchev–Trinajstić information content (AvgIpc) is 2.51. The van der Waals surface area contributed by atoms with Crippen LogP contribution >= 0.6 is 11.6 Å². The van der Waals surface area contributed by atoms with Crippen molar-refractivity contribution in [3.63, 3.8) is 0 Å². The summed E-state index contributed by atoms with van der Waals surface area (Å²) in [5, 5.41) is 6.20. The molecule has 2 amide bonds. The first-order valence-electron chi connectivity index (χ1n) is 7.10. The number of hydrogen-bond donors (Lipinski definition) is 2. The smallest absolute Gasteiger partial charge is 0.315 e. The second kappa shape index (κ2) is 8.29. The topological polar surface area (TPSA) is 50.4 Å². The first-order chi connectivity index (χ1) is 10.6. The van der Waals surface area contributed by atoms with Crippen LogP contribution in [0.2, 0.25) is 5.02 Å². The van der Waals surface area contributed by atoms with E-state index in [1.807, 2.05) is 43.3 Å². The molecule has 4 nitrogen and oxygen atoms in total. The number of amides is 2. The van der Waals surface area contributed by atoms with E-state index >= 15 is 0 Å². The third kappa shape index (κ3) is 5.30. The normalized spacial score (nSPS) is 10.1. The van der Waals surface area contributed by atoms with Crippen LogP contribution in [-0.4, -0.2) is 19.2 Å². The van der Waals surface area contributed by atoms with Gasteiger partial charge in [-0.25, -0.2) is 4.79 Å². The molecule has 0 atom stereocenters. The highest BCUT2D eigenvalue weighted by Gasteiger charge is 2.02. The van der Waals surface area contributed by atoms with Gasteiger partial charge in [0.1, 0.15) is 12.4 Å². The molecule has 0 heterocycles. The molecular weight excluding hydrogens is 300 g/mol. The van der Waals surface area contributed by atoms with E-state index in [1.165, 1.54) is 0 Å². The average molecular weight is 319 g/mol. The zero-order valence-electron chi connectivity index (χ0n) is 12.4. The number of hydrogen-bond acceptors (Lipinski definition) is 2. The van der Waals surface area contributed by atoms with Crippen LogP contribution in [0, 0.1) is 6.92 Å². The molecule has 0 unspecified atom stereocenters. The van der Waals surface area contributed by atoms with Gasteiger partial charge in [0, 0.05) is 11.6 Å². The van der Waals surface area contributed by atoms with E-state index in [0.717, 1.165) is 11.1 Å². The summed E-state index contributed by atoms with van der Waals surface area (Å²) in [4.78, 5) is 11.7. The molecular formula is C17H19ClN2O2. The van der Waals surface area contributed by atoms with Crippen molar-refractivity contribution in [2.45, 2.75) is 13.5 Å². The fourth-order valence-corrected chi connectivity index (χ4v) is 2.12. The van der Waals surface area contributed by atoms with Gasteiger partial charge in [-0.3, -0.25) is 0 Å². The van der Waals surface area contributed by atoms with Gasteiger partial charge in [-0.1, -0.05) is 41.9 Å². The number of carbonyl (C=O) groups excluding carboxylic acids is 1. The minimum atomic E-state index is -0.210. The van der Waals surface area contributed by atoms with Gasteiger partial charge in [0.05, 0.1) is 6.54 Å². The van der Waals surface area contributed by atoms with Crippen molar-refractivity contribution in [2.75, 3.05) is 13.2 Å². The molecule has 2 rings (SSSR count). The maximum absolute atomic E-state index is 11.7. The van der Waals surface area contributed by atoms with Gasteiger partial charge in [-0.05, 0) is 36.2 Å².